The van der Waals surface area contributed by atoms with Gasteiger partial charge in [0.1, 0.15) is 11.8 Å². The normalized spacial score (nSPS) is 14.5. The van der Waals surface area contributed by atoms with E-state index in [1.807, 2.05) is 18.2 Å². The molecule has 3 heteroatoms. The molecule has 3 nitrogen and oxygen atoms in total. The summed E-state index contributed by atoms with van der Waals surface area (Å²) in [6.07, 6.45) is 2.56. The second-order valence-electron chi connectivity index (χ2n) is 4.21. The molecule has 0 spiro atoms. The minimum atomic E-state index is 0.111. The number of aryl methyl sites for hydroxylation is 1. The lowest BCUT2D eigenvalue weighted by Gasteiger charge is -2.10. The van der Waals surface area contributed by atoms with Crippen LogP contribution in [0.1, 0.15) is 24.0 Å². The summed E-state index contributed by atoms with van der Waals surface area (Å²) >= 11 is 0. The molecule has 0 aliphatic heterocycles. The second-order valence-corrected chi connectivity index (χ2v) is 4.21. The molecule has 84 valence electrons. The van der Waals surface area contributed by atoms with Crippen LogP contribution in [0.15, 0.2) is 18.2 Å². The molecule has 1 N–H and O–H groups in total. The molecular weight excluding hydrogens is 200 g/mol. The third kappa shape index (κ3) is 2.98. The topological polar surface area (TPSA) is 45.0 Å². The van der Waals surface area contributed by atoms with E-state index in [2.05, 4.69) is 18.3 Å². The van der Waals surface area contributed by atoms with Crippen LogP contribution in [0.4, 0.5) is 0 Å². The summed E-state index contributed by atoms with van der Waals surface area (Å²) in [5, 5.41) is 12.0. The van der Waals surface area contributed by atoms with Crippen molar-refractivity contribution in [2.75, 3.05) is 6.61 Å². The molecule has 1 saturated carbocycles. The summed E-state index contributed by atoms with van der Waals surface area (Å²) in [6, 6.07) is 8.74. The number of ether oxygens (including phenoxy) is 1. The number of benzene rings is 1. The number of nitriles is 1. The second kappa shape index (κ2) is 5.00. The Hall–Kier alpha value is -1.53. The van der Waals surface area contributed by atoms with E-state index in [9.17, 15) is 0 Å². The Balaban J connectivity index is 2.04. The Morgan fingerprint density at radius 2 is 2.31 bits per heavy atom. The molecule has 1 aromatic carbocycles. The van der Waals surface area contributed by atoms with Gasteiger partial charge in [0.2, 0.25) is 0 Å². The molecule has 0 aromatic heterocycles. The van der Waals surface area contributed by atoms with Crippen molar-refractivity contribution in [2.45, 2.75) is 32.4 Å². The smallest absolute Gasteiger partial charge is 0.174 e. The number of rotatable bonds is 5. The van der Waals surface area contributed by atoms with Crippen LogP contribution in [0, 0.1) is 18.3 Å². The highest BCUT2D eigenvalue weighted by molar-refractivity contribution is 5.37. The van der Waals surface area contributed by atoms with Gasteiger partial charge in [-0.1, -0.05) is 17.7 Å². The summed E-state index contributed by atoms with van der Waals surface area (Å²) in [5.74, 6) is 0.820. The van der Waals surface area contributed by atoms with E-state index in [1.54, 1.807) is 0 Å². The maximum Gasteiger partial charge on any atom is 0.174 e. The molecule has 1 fully saturated rings. The lowest BCUT2D eigenvalue weighted by Crippen LogP contribution is -2.16. The van der Waals surface area contributed by atoms with Crippen LogP contribution < -0.4 is 10.1 Å². The average molecular weight is 216 g/mol. The zero-order valence-corrected chi connectivity index (χ0v) is 9.49. The first-order chi connectivity index (χ1) is 7.79. The molecule has 0 unspecified atom stereocenters. The van der Waals surface area contributed by atoms with Crippen molar-refractivity contribution < 1.29 is 4.74 Å². The van der Waals surface area contributed by atoms with E-state index < -0.39 is 0 Å². The van der Waals surface area contributed by atoms with E-state index in [1.165, 1.54) is 18.4 Å². The molecule has 0 heterocycles. The van der Waals surface area contributed by atoms with Gasteiger partial charge in [-0.3, -0.25) is 0 Å². The minimum absolute atomic E-state index is 0.111. The summed E-state index contributed by atoms with van der Waals surface area (Å²) in [6.45, 7) is 3.00. The zero-order valence-electron chi connectivity index (χ0n) is 9.49. The molecule has 0 saturated heterocycles. The molecular formula is C13H16N2O. The van der Waals surface area contributed by atoms with Gasteiger partial charge in [0.15, 0.2) is 6.61 Å². The van der Waals surface area contributed by atoms with Crippen molar-refractivity contribution in [1.82, 2.24) is 5.32 Å². The van der Waals surface area contributed by atoms with Crippen molar-refractivity contribution >= 4 is 0 Å². The van der Waals surface area contributed by atoms with Crippen LogP contribution in [0.2, 0.25) is 0 Å². The van der Waals surface area contributed by atoms with Gasteiger partial charge in [0.05, 0.1) is 0 Å². The Morgan fingerprint density at radius 1 is 1.50 bits per heavy atom. The third-order valence-electron chi connectivity index (χ3n) is 2.67. The van der Waals surface area contributed by atoms with E-state index in [-0.39, 0.29) is 6.61 Å². The van der Waals surface area contributed by atoms with Gasteiger partial charge in [0.25, 0.3) is 0 Å². The largest absolute Gasteiger partial charge is 0.478 e. The predicted octanol–water partition coefficient (Wildman–Crippen LogP) is 2.15. The third-order valence-corrected chi connectivity index (χ3v) is 2.67. The van der Waals surface area contributed by atoms with E-state index >= 15 is 0 Å². The molecule has 0 atom stereocenters. The minimum Gasteiger partial charge on any atom is -0.478 e. The summed E-state index contributed by atoms with van der Waals surface area (Å²) < 4.78 is 5.39. The van der Waals surface area contributed by atoms with Crippen LogP contribution in [0.3, 0.4) is 0 Å². The first-order valence-corrected chi connectivity index (χ1v) is 5.62. The number of hydrogen-bond acceptors (Lipinski definition) is 3. The van der Waals surface area contributed by atoms with Crippen molar-refractivity contribution in [3.8, 4) is 11.8 Å². The van der Waals surface area contributed by atoms with Crippen molar-refractivity contribution in [3.63, 3.8) is 0 Å². The highest BCUT2D eigenvalue weighted by Gasteiger charge is 2.20. The molecule has 1 aromatic rings. The Labute approximate surface area is 96.0 Å². The predicted molar refractivity (Wildman–Crippen MR) is 62.1 cm³/mol. The molecule has 0 bridgehead atoms. The van der Waals surface area contributed by atoms with Gasteiger partial charge in [-0.15, -0.1) is 0 Å². The Bertz CT molecular complexity index is 405. The van der Waals surface area contributed by atoms with Crippen molar-refractivity contribution in [3.05, 3.63) is 29.3 Å². The Kier molecular flexibility index (Phi) is 3.43. The van der Waals surface area contributed by atoms with Gasteiger partial charge in [-0.2, -0.15) is 5.26 Å². The summed E-state index contributed by atoms with van der Waals surface area (Å²) in [5.41, 5.74) is 2.36. The SMILES string of the molecule is Cc1ccc(OCC#N)c(CNC2CC2)c1. The van der Waals surface area contributed by atoms with Gasteiger partial charge in [0, 0.05) is 18.2 Å². The van der Waals surface area contributed by atoms with Crippen LogP contribution in [0.25, 0.3) is 0 Å². The lowest BCUT2D eigenvalue weighted by molar-refractivity contribution is 0.362. The maximum atomic E-state index is 8.51. The highest BCUT2D eigenvalue weighted by Crippen LogP contribution is 2.23. The fourth-order valence-corrected chi connectivity index (χ4v) is 1.64. The van der Waals surface area contributed by atoms with Gasteiger partial charge in [-0.25, -0.2) is 0 Å². The standard InChI is InChI=1S/C13H16N2O/c1-10-2-5-13(16-7-6-14)11(8-10)9-15-12-3-4-12/h2,5,8,12,15H,3-4,7,9H2,1H3. The first-order valence-electron chi connectivity index (χ1n) is 5.62. The lowest BCUT2D eigenvalue weighted by atomic mass is 10.1. The van der Waals surface area contributed by atoms with Gasteiger partial charge in [-0.05, 0) is 25.8 Å². The quantitative estimate of drug-likeness (QED) is 0.820. The molecule has 0 radical (unpaired) electrons. The van der Waals surface area contributed by atoms with Gasteiger partial charge >= 0.3 is 0 Å². The number of hydrogen-bond donors (Lipinski definition) is 1. The highest BCUT2D eigenvalue weighted by atomic mass is 16.5. The molecule has 1 aliphatic carbocycles. The van der Waals surface area contributed by atoms with E-state index in [0.717, 1.165) is 17.9 Å². The molecule has 0 amide bonds. The van der Waals surface area contributed by atoms with Gasteiger partial charge < -0.3 is 10.1 Å². The summed E-state index contributed by atoms with van der Waals surface area (Å²) in [7, 11) is 0. The van der Waals surface area contributed by atoms with Crippen molar-refractivity contribution in [2.24, 2.45) is 0 Å². The monoisotopic (exact) mass is 216 g/mol. The van der Waals surface area contributed by atoms with Crippen LogP contribution >= 0.6 is 0 Å². The molecule has 16 heavy (non-hydrogen) atoms. The van der Waals surface area contributed by atoms with Crippen LogP contribution in [-0.2, 0) is 6.54 Å². The number of nitrogens with one attached hydrogen (secondary N) is 1. The number of nitrogens with zero attached hydrogens (tertiary/aromatic N) is 1. The van der Waals surface area contributed by atoms with E-state index in [4.69, 9.17) is 10.00 Å². The fourth-order valence-electron chi connectivity index (χ4n) is 1.64. The van der Waals surface area contributed by atoms with Crippen molar-refractivity contribution in [1.29, 1.82) is 5.26 Å². The zero-order chi connectivity index (χ0) is 11.4. The molecule has 1 aliphatic rings. The first kappa shape index (κ1) is 11.0. The maximum absolute atomic E-state index is 8.51. The fraction of sp³-hybridized carbons (Fsp3) is 0.462. The van der Waals surface area contributed by atoms with Crippen LogP contribution in [0.5, 0.6) is 5.75 Å². The van der Waals surface area contributed by atoms with E-state index in [0.29, 0.717) is 6.04 Å². The van der Waals surface area contributed by atoms with Crippen LogP contribution in [-0.4, -0.2) is 12.6 Å². The summed E-state index contributed by atoms with van der Waals surface area (Å²) in [4.78, 5) is 0. The Morgan fingerprint density at radius 3 is 3.00 bits per heavy atom. The average Bonchev–Trinajstić information content (AvgIpc) is 3.09. The molecule has 2 rings (SSSR count).